The Kier molecular flexibility index (Phi) is 8.17. The minimum atomic E-state index is -2.13. The molecular formula is C52H34N6S. The van der Waals surface area contributed by atoms with Crippen molar-refractivity contribution in [2.75, 3.05) is 0 Å². The molecule has 3 aromatic heterocycles. The number of aromatic nitrogens is 5. The summed E-state index contributed by atoms with van der Waals surface area (Å²) in [7, 11) is -2.13. The van der Waals surface area contributed by atoms with Crippen LogP contribution in [-0.4, -0.2) is 24.1 Å². The Hall–Kier alpha value is -7.79. The van der Waals surface area contributed by atoms with Crippen LogP contribution >= 0.6 is 10.0 Å². The van der Waals surface area contributed by atoms with Crippen molar-refractivity contribution in [1.29, 1.82) is 5.26 Å². The molecule has 6 nitrogen and oxygen atoms in total. The standard InChI is InChI=1S/C52H34N6S/c53-35-36-32-37(34-41(33-36)59(38-18-4-1-5-19-38,39-20-6-2-7-21-39)40-22-8-3-9-23-40)50-54-51(57-46-28-14-10-24-42(46)43-25-11-15-29-47(43)57)56-52(55-50)58-48-30-16-12-26-44(48)45-27-13-17-31-49(45)58/h1-34H. The van der Waals surface area contributed by atoms with Gasteiger partial charge in [-0.25, -0.2) is 0 Å². The molecule has 59 heavy (non-hydrogen) atoms. The van der Waals surface area contributed by atoms with Crippen molar-refractivity contribution >= 4 is 53.6 Å². The summed E-state index contributed by atoms with van der Waals surface area (Å²) in [5, 5.41) is 15.2. The fourth-order valence-corrected chi connectivity index (χ4v) is 12.6. The lowest BCUT2D eigenvalue weighted by Crippen LogP contribution is -2.11. The Morgan fingerprint density at radius 1 is 0.373 bits per heavy atom. The highest BCUT2D eigenvalue weighted by Crippen LogP contribution is 2.73. The van der Waals surface area contributed by atoms with Gasteiger partial charge in [0, 0.05) is 46.7 Å². The molecule has 8 aromatic carbocycles. The van der Waals surface area contributed by atoms with Crippen molar-refractivity contribution in [2.24, 2.45) is 0 Å². The van der Waals surface area contributed by atoms with E-state index in [9.17, 15) is 5.26 Å². The quantitative estimate of drug-likeness (QED) is 0.162. The first-order valence-electron chi connectivity index (χ1n) is 19.5. The van der Waals surface area contributed by atoms with Gasteiger partial charge in [-0.1, -0.05) is 127 Å². The number of benzene rings is 8. The first-order chi connectivity index (χ1) is 29.2. The van der Waals surface area contributed by atoms with Gasteiger partial charge < -0.3 is 0 Å². The minimum Gasteiger partial charge on any atom is -0.278 e. The predicted octanol–water partition coefficient (Wildman–Crippen LogP) is 12.9. The lowest BCUT2D eigenvalue weighted by Gasteiger charge is -2.42. The fraction of sp³-hybridized carbons (Fsp3) is 0. The maximum atomic E-state index is 10.8. The summed E-state index contributed by atoms with van der Waals surface area (Å²) in [5.74, 6) is 1.44. The first kappa shape index (κ1) is 34.5. The number of para-hydroxylation sites is 4. The molecule has 0 aliphatic rings. The van der Waals surface area contributed by atoms with E-state index in [1.807, 2.05) is 6.07 Å². The Balaban J connectivity index is 1.25. The van der Waals surface area contributed by atoms with Gasteiger partial charge >= 0.3 is 0 Å². The molecule has 11 rings (SSSR count). The maximum Gasteiger partial charge on any atom is 0.240 e. The summed E-state index contributed by atoms with van der Waals surface area (Å²) in [6.45, 7) is 0. The topological polar surface area (TPSA) is 72.3 Å². The summed E-state index contributed by atoms with van der Waals surface area (Å²) in [6, 6.07) is 74.2. The Bertz CT molecular complexity index is 3070. The van der Waals surface area contributed by atoms with Crippen LogP contribution in [0.15, 0.2) is 226 Å². The Morgan fingerprint density at radius 3 is 1.10 bits per heavy atom. The third-order valence-electron chi connectivity index (χ3n) is 11.1. The molecule has 3 heterocycles. The molecule has 0 spiro atoms. The molecule has 0 saturated carbocycles. The van der Waals surface area contributed by atoms with Gasteiger partial charge in [-0.3, -0.25) is 9.13 Å². The largest absolute Gasteiger partial charge is 0.278 e. The fourth-order valence-electron chi connectivity index (χ4n) is 8.62. The van der Waals surface area contributed by atoms with E-state index in [2.05, 4.69) is 215 Å². The van der Waals surface area contributed by atoms with E-state index in [0.717, 1.165) is 68.8 Å². The normalized spacial score (nSPS) is 12.0. The van der Waals surface area contributed by atoms with Crippen LogP contribution in [0.3, 0.4) is 0 Å². The van der Waals surface area contributed by atoms with E-state index in [0.29, 0.717) is 23.3 Å². The van der Waals surface area contributed by atoms with Crippen LogP contribution in [0, 0.1) is 11.3 Å². The Labute approximate surface area is 342 Å². The third-order valence-corrected chi connectivity index (χ3v) is 15.0. The van der Waals surface area contributed by atoms with Crippen LogP contribution in [-0.2, 0) is 0 Å². The van der Waals surface area contributed by atoms with Crippen LogP contribution in [0.25, 0.3) is 66.9 Å². The second-order valence-corrected chi connectivity index (χ2v) is 17.5. The zero-order valence-electron chi connectivity index (χ0n) is 31.7. The molecule has 0 amide bonds. The van der Waals surface area contributed by atoms with Crippen LogP contribution in [0.2, 0.25) is 0 Å². The average Bonchev–Trinajstić information content (AvgIpc) is 3.83. The monoisotopic (exact) mass is 774 g/mol. The lowest BCUT2D eigenvalue weighted by molar-refractivity contribution is 0.892. The summed E-state index contributed by atoms with van der Waals surface area (Å²) in [4.78, 5) is 20.5. The smallest absolute Gasteiger partial charge is 0.240 e. The van der Waals surface area contributed by atoms with Gasteiger partial charge in [-0.2, -0.15) is 20.2 Å². The molecule has 0 fully saturated rings. The SMILES string of the molecule is N#Cc1cc(-c2nc(-n3c4ccccc4c4ccccc43)nc(-n3c4ccccc4c4ccccc43)n2)cc(S(c2ccccc2)(c2ccccc2)c2ccccc2)c1. The predicted molar refractivity (Wildman–Crippen MR) is 239 cm³/mol. The molecule has 0 unspecified atom stereocenters. The summed E-state index contributed by atoms with van der Waals surface area (Å²) < 4.78 is 4.27. The molecular weight excluding hydrogens is 741 g/mol. The van der Waals surface area contributed by atoms with Crippen LogP contribution < -0.4 is 0 Å². The maximum absolute atomic E-state index is 10.8. The zero-order valence-corrected chi connectivity index (χ0v) is 32.5. The van der Waals surface area contributed by atoms with E-state index in [4.69, 9.17) is 15.0 Å². The van der Waals surface area contributed by atoms with Crippen molar-refractivity contribution in [3.05, 3.63) is 212 Å². The second-order valence-electron chi connectivity index (χ2n) is 14.4. The summed E-state index contributed by atoms with van der Waals surface area (Å²) >= 11 is 0. The highest BCUT2D eigenvalue weighted by molar-refractivity contribution is 8.34. The molecule has 0 aliphatic carbocycles. The van der Waals surface area contributed by atoms with Crippen LogP contribution in [0.4, 0.5) is 0 Å². The van der Waals surface area contributed by atoms with Crippen molar-refractivity contribution in [2.45, 2.75) is 19.6 Å². The van der Waals surface area contributed by atoms with Crippen LogP contribution in [0.1, 0.15) is 5.56 Å². The number of hydrogen-bond acceptors (Lipinski definition) is 4. The summed E-state index contributed by atoms with van der Waals surface area (Å²) in [6.07, 6.45) is 0. The molecule has 0 atom stereocenters. The number of nitriles is 1. The van der Waals surface area contributed by atoms with E-state index in [1.165, 1.54) is 0 Å². The number of hydrogen-bond donors (Lipinski definition) is 0. The summed E-state index contributed by atoms with van der Waals surface area (Å²) in [5.41, 5.74) is 5.22. The minimum absolute atomic E-state index is 0.467. The van der Waals surface area contributed by atoms with Gasteiger partial charge in [0.2, 0.25) is 11.9 Å². The Morgan fingerprint density at radius 2 is 0.729 bits per heavy atom. The van der Waals surface area contributed by atoms with E-state index >= 15 is 0 Å². The number of fused-ring (bicyclic) bond motifs is 6. The van der Waals surface area contributed by atoms with Gasteiger partial charge in [0.05, 0.1) is 33.7 Å². The molecule has 0 bridgehead atoms. The van der Waals surface area contributed by atoms with E-state index in [1.54, 1.807) is 0 Å². The molecule has 0 aliphatic heterocycles. The zero-order chi connectivity index (χ0) is 39.3. The van der Waals surface area contributed by atoms with E-state index < -0.39 is 10.0 Å². The van der Waals surface area contributed by atoms with Gasteiger partial charge in [-0.05, 0) is 78.9 Å². The molecule has 11 aromatic rings. The first-order valence-corrected chi connectivity index (χ1v) is 21.1. The van der Waals surface area contributed by atoms with E-state index in [-0.39, 0.29) is 0 Å². The van der Waals surface area contributed by atoms with Crippen molar-refractivity contribution in [1.82, 2.24) is 24.1 Å². The number of nitrogens with zero attached hydrogens (tertiary/aromatic N) is 6. The number of rotatable bonds is 7. The van der Waals surface area contributed by atoms with Crippen molar-refractivity contribution < 1.29 is 0 Å². The van der Waals surface area contributed by atoms with Gasteiger partial charge in [0.15, 0.2) is 5.82 Å². The molecule has 0 saturated heterocycles. The van der Waals surface area contributed by atoms with Crippen molar-refractivity contribution in [3.63, 3.8) is 0 Å². The lowest BCUT2D eigenvalue weighted by atomic mass is 10.1. The van der Waals surface area contributed by atoms with Crippen LogP contribution in [0.5, 0.6) is 0 Å². The van der Waals surface area contributed by atoms with Gasteiger partial charge in [-0.15, -0.1) is 10.0 Å². The highest BCUT2D eigenvalue weighted by atomic mass is 32.3. The van der Waals surface area contributed by atoms with Crippen molar-refractivity contribution in [3.8, 4) is 29.4 Å². The third kappa shape index (κ3) is 5.46. The van der Waals surface area contributed by atoms with Gasteiger partial charge in [0.1, 0.15) is 0 Å². The van der Waals surface area contributed by atoms with Gasteiger partial charge in [0.25, 0.3) is 0 Å². The molecule has 0 N–H and O–H groups in total. The second kappa shape index (κ2) is 14.0. The molecule has 0 radical (unpaired) electrons. The molecule has 278 valence electrons. The average molecular weight is 775 g/mol. The highest BCUT2D eigenvalue weighted by Gasteiger charge is 2.34. The molecule has 7 heteroatoms.